The van der Waals surface area contributed by atoms with Gasteiger partial charge in [-0.3, -0.25) is 9.59 Å². The first kappa shape index (κ1) is 20.0. The van der Waals surface area contributed by atoms with Crippen LogP contribution in [0.15, 0.2) is 72.8 Å². The van der Waals surface area contributed by atoms with E-state index in [-0.39, 0.29) is 18.4 Å². The summed E-state index contributed by atoms with van der Waals surface area (Å²) in [5, 5.41) is 6.12. The molecule has 0 saturated heterocycles. The van der Waals surface area contributed by atoms with Crippen molar-refractivity contribution in [3.63, 3.8) is 0 Å². The Balaban J connectivity index is 1.30. The minimum atomic E-state index is -0.312. The van der Waals surface area contributed by atoms with Crippen molar-refractivity contribution in [2.24, 2.45) is 0 Å². The fourth-order valence-corrected chi connectivity index (χ4v) is 3.20. The van der Waals surface area contributed by atoms with E-state index in [2.05, 4.69) is 10.6 Å². The first-order chi connectivity index (χ1) is 14.6. The molecule has 1 aliphatic rings. The van der Waals surface area contributed by atoms with E-state index in [1.165, 1.54) is 0 Å². The van der Waals surface area contributed by atoms with E-state index < -0.39 is 0 Å². The Kier molecular flexibility index (Phi) is 6.00. The van der Waals surface area contributed by atoms with E-state index in [0.29, 0.717) is 28.1 Å². The molecule has 0 heterocycles. The van der Waals surface area contributed by atoms with Gasteiger partial charge in [0.05, 0.1) is 5.02 Å². The van der Waals surface area contributed by atoms with Crippen molar-refractivity contribution < 1.29 is 14.3 Å². The number of ether oxygens (including phenoxy) is 1. The van der Waals surface area contributed by atoms with Gasteiger partial charge < -0.3 is 15.4 Å². The molecule has 152 valence electrons. The van der Waals surface area contributed by atoms with Gasteiger partial charge in [0.1, 0.15) is 5.75 Å². The molecule has 3 aromatic rings. The molecule has 1 aliphatic carbocycles. The Labute approximate surface area is 180 Å². The largest absolute Gasteiger partial charge is 0.482 e. The number of carbonyl (C=O) groups excluding carboxylic acids is 2. The topological polar surface area (TPSA) is 67.4 Å². The second-order valence-corrected chi connectivity index (χ2v) is 7.58. The highest BCUT2D eigenvalue weighted by molar-refractivity contribution is 6.32. The highest BCUT2D eigenvalue weighted by Crippen LogP contribution is 2.30. The van der Waals surface area contributed by atoms with E-state index in [9.17, 15) is 9.59 Å². The molecule has 0 aromatic heterocycles. The molecule has 0 bridgehead atoms. The van der Waals surface area contributed by atoms with Gasteiger partial charge in [0, 0.05) is 17.3 Å². The average Bonchev–Trinajstić information content (AvgIpc) is 3.58. The monoisotopic (exact) mass is 420 g/mol. The first-order valence-electron chi connectivity index (χ1n) is 9.77. The van der Waals surface area contributed by atoms with Crippen molar-refractivity contribution in [1.29, 1.82) is 0 Å². The molecule has 0 unspecified atom stereocenters. The van der Waals surface area contributed by atoms with Crippen molar-refractivity contribution in [3.05, 3.63) is 83.4 Å². The van der Waals surface area contributed by atoms with Crippen LogP contribution in [0.2, 0.25) is 5.02 Å². The van der Waals surface area contributed by atoms with Gasteiger partial charge in [-0.1, -0.05) is 48.0 Å². The van der Waals surface area contributed by atoms with Crippen molar-refractivity contribution in [1.82, 2.24) is 5.32 Å². The van der Waals surface area contributed by atoms with Gasteiger partial charge in [0.25, 0.3) is 11.8 Å². The van der Waals surface area contributed by atoms with E-state index in [1.807, 2.05) is 42.5 Å². The molecule has 3 aromatic carbocycles. The lowest BCUT2D eigenvalue weighted by molar-refractivity contribution is -0.118. The lowest BCUT2D eigenvalue weighted by Gasteiger charge is -2.11. The number of hydrogen-bond donors (Lipinski definition) is 2. The summed E-state index contributed by atoms with van der Waals surface area (Å²) in [6.45, 7) is -0.172. The number of amides is 2. The number of nitrogens with one attached hydrogen (secondary N) is 2. The van der Waals surface area contributed by atoms with Crippen molar-refractivity contribution in [3.8, 4) is 16.9 Å². The summed E-state index contributed by atoms with van der Waals surface area (Å²) in [6, 6.07) is 22.4. The van der Waals surface area contributed by atoms with Crippen LogP contribution in [0.4, 0.5) is 5.69 Å². The Bertz CT molecular complexity index is 1050. The van der Waals surface area contributed by atoms with Gasteiger partial charge in [0.2, 0.25) is 0 Å². The Morgan fingerprint density at radius 1 is 0.933 bits per heavy atom. The maximum Gasteiger partial charge on any atom is 0.262 e. The van der Waals surface area contributed by atoms with Crippen molar-refractivity contribution in [2.45, 2.75) is 18.9 Å². The predicted molar refractivity (Wildman–Crippen MR) is 118 cm³/mol. The summed E-state index contributed by atoms with van der Waals surface area (Å²) in [5.74, 6) is 0.0410. The van der Waals surface area contributed by atoms with Crippen LogP contribution in [-0.2, 0) is 4.79 Å². The van der Waals surface area contributed by atoms with Crippen LogP contribution in [-0.4, -0.2) is 24.5 Å². The molecule has 6 heteroatoms. The highest BCUT2D eigenvalue weighted by atomic mass is 35.5. The number of carbonyl (C=O) groups is 2. The third kappa shape index (κ3) is 5.19. The molecule has 0 spiro atoms. The van der Waals surface area contributed by atoms with Crippen molar-refractivity contribution in [2.75, 3.05) is 11.9 Å². The van der Waals surface area contributed by atoms with Crippen LogP contribution >= 0.6 is 11.6 Å². The number of hydrogen-bond acceptors (Lipinski definition) is 3. The summed E-state index contributed by atoms with van der Waals surface area (Å²) in [6.07, 6.45) is 2.08. The van der Waals surface area contributed by atoms with Crippen LogP contribution in [0.5, 0.6) is 5.75 Å². The van der Waals surface area contributed by atoms with Gasteiger partial charge in [-0.05, 0) is 60.4 Å². The van der Waals surface area contributed by atoms with E-state index >= 15 is 0 Å². The Morgan fingerprint density at radius 2 is 1.67 bits per heavy atom. The molecule has 0 radical (unpaired) electrons. The van der Waals surface area contributed by atoms with Gasteiger partial charge in [-0.25, -0.2) is 0 Å². The van der Waals surface area contributed by atoms with E-state index in [1.54, 1.807) is 30.3 Å². The molecule has 0 aliphatic heterocycles. The summed E-state index contributed by atoms with van der Waals surface area (Å²) in [4.78, 5) is 24.2. The molecule has 4 rings (SSSR count). The maximum atomic E-state index is 12.2. The number of anilines is 1. The minimum Gasteiger partial charge on any atom is -0.482 e. The van der Waals surface area contributed by atoms with Crippen molar-refractivity contribution >= 4 is 29.1 Å². The third-order valence-electron chi connectivity index (χ3n) is 4.74. The standard InChI is InChI=1S/C24H21ClN2O3/c25-21-14-18(16-4-2-1-3-5-16)8-13-22(21)30-15-23(28)26-19-9-6-17(7-10-19)24(29)27-20-11-12-20/h1-10,13-14,20H,11-12,15H2,(H,26,28)(H,27,29). The smallest absolute Gasteiger partial charge is 0.262 e. The van der Waals surface area contributed by atoms with Gasteiger partial charge in [-0.2, -0.15) is 0 Å². The van der Waals surface area contributed by atoms with E-state index in [0.717, 1.165) is 24.0 Å². The summed E-state index contributed by atoms with van der Waals surface area (Å²) in [7, 11) is 0. The molecule has 2 N–H and O–H groups in total. The molecule has 1 fully saturated rings. The molecule has 2 amide bonds. The lowest BCUT2D eigenvalue weighted by Crippen LogP contribution is -2.25. The highest BCUT2D eigenvalue weighted by Gasteiger charge is 2.23. The second kappa shape index (κ2) is 9.01. The molecule has 0 atom stereocenters. The number of rotatable bonds is 7. The molecular weight excluding hydrogens is 400 g/mol. The van der Waals surface area contributed by atoms with E-state index in [4.69, 9.17) is 16.3 Å². The van der Waals surface area contributed by atoms with Gasteiger partial charge in [-0.15, -0.1) is 0 Å². The fourth-order valence-electron chi connectivity index (χ4n) is 2.97. The zero-order chi connectivity index (χ0) is 20.9. The summed E-state index contributed by atoms with van der Waals surface area (Å²) in [5.41, 5.74) is 3.19. The lowest BCUT2D eigenvalue weighted by atomic mass is 10.1. The normalized spacial score (nSPS) is 12.8. The Hall–Kier alpha value is -3.31. The summed E-state index contributed by atoms with van der Waals surface area (Å²) >= 11 is 6.32. The zero-order valence-electron chi connectivity index (χ0n) is 16.2. The Morgan fingerprint density at radius 3 is 2.33 bits per heavy atom. The zero-order valence-corrected chi connectivity index (χ0v) is 17.0. The quantitative estimate of drug-likeness (QED) is 0.570. The number of halogens is 1. The average molecular weight is 421 g/mol. The first-order valence-corrected chi connectivity index (χ1v) is 10.1. The van der Waals surface area contributed by atoms with Crippen LogP contribution in [0.25, 0.3) is 11.1 Å². The third-order valence-corrected chi connectivity index (χ3v) is 5.04. The maximum absolute atomic E-state index is 12.2. The van der Waals surface area contributed by atoms with Crippen LogP contribution < -0.4 is 15.4 Å². The van der Waals surface area contributed by atoms with Gasteiger partial charge >= 0.3 is 0 Å². The van der Waals surface area contributed by atoms with Crippen LogP contribution in [0.1, 0.15) is 23.2 Å². The molecule has 1 saturated carbocycles. The van der Waals surface area contributed by atoms with Crippen LogP contribution in [0.3, 0.4) is 0 Å². The SMILES string of the molecule is O=C(COc1ccc(-c2ccccc2)cc1Cl)Nc1ccc(C(=O)NC2CC2)cc1. The van der Waals surface area contributed by atoms with Gasteiger partial charge in [0.15, 0.2) is 6.61 Å². The van der Waals surface area contributed by atoms with Crippen LogP contribution in [0, 0.1) is 0 Å². The minimum absolute atomic E-state index is 0.0905. The second-order valence-electron chi connectivity index (χ2n) is 7.17. The molecule has 30 heavy (non-hydrogen) atoms. The number of benzene rings is 3. The predicted octanol–water partition coefficient (Wildman–Crippen LogP) is 4.92. The summed E-state index contributed by atoms with van der Waals surface area (Å²) < 4.78 is 5.57. The fraction of sp³-hybridized carbons (Fsp3) is 0.167. The molecular formula is C24H21ClN2O3. The molecule has 5 nitrogen and oxygen atoms in total.